The molecule has 0 saturated carbocycles. The van der Waals surface area contributed by atoms with E-state index in [-0.39, 0.29) is 17.9 Å². The van der Waals surface area contributed by atoms with Crippen molar-refractivity contribution in [3.8, 4) is 5.88 Å². The normalized spacial score (nSPS) is 10.5. The Hall–Kier alpha value is -0.990. The first-order valence-electron chi connectivity index (χ1n) is 4.57. The Morgan fingerprint density at radius 2 is 2.18 bits per heavy atom. The lowest BCUT2D eigenvalue weighted by atomic mass is 10.2. The summed E-state index contributed by atoms with van der Waals surface area (Å²) in [6.07, 6.45) is -2.75. The summed E-state index contributed by atoms with van der Waals surface area (Å²) in [6.45, 7) is 0. The van der Waals surface area contributed by atoms with Gasteiger partial charge in [0.2, 0.25) is 5.88 Å². The van der Waals surface area contributed by atoms with E-state index in [1.54, 1.807) is 22.6 Å². The van der Waals surface area contributed by atoms with E-state index >= 15 is 0 Å². The molecule has 17 heavy (non-hydrogen) atoms. The molecule has 0 saturated heterocycles. The maximum absolute atomic E-state index is 12.7. The number of hydrogen-bond donors (Lipinski definition) is 0. The summed E-state index contributed by atoms with van der Waals surface area (Å²) in [5, 5.41) is 0. The van der Waals surface area contributed by atoms with E-state index in [2.05, 4.69) is 9.72 Å². The van der Waals surface area contributed by atoms with Crippen molar-refractivity contribution >= 4 is 28.6 Å². The number of aromatic nitrogens is 1. The van der Waals surface area contributed by atoms with Gasteiger partial charge in [-0.3, -0.25) is 4.79 Å². The minimum atomic E-state index is -2.67. The molecule has 7 heteroatoms. The van der Waals surface area contributed by atoms with Gasteiger partial charge in [-0.05, 0) is 28.7 Å². The molecular weight excluding hydrogens is 347 g/mol. The summed E-state index contributed by atoms with van der Waals surface area (Å²) in [4.78, 5) is 14.9. The van der Waals surface area contributed by atoms with Crippen LogP contribution in [0.25, 0.3) is 0 Å². The molecular formula is C10H10F2INO3. The molecule has 94 valence electrons. The van der Waals surface area contributed by atoms with Crippen LogP contribution in [0.15, 0.2) is 6.07 Å². The Morgan fingerprint density at radius 1 is 1.53 bits per heavy atom. The number of alkyl halides is 2. The van der Waals surface area contributed by atoms with Gasteiger partial charge in [0.15, 0.2) is 0 Å². The second-order valence-electron chi connectivity index (χ2n) is 3.07. The summed E-state index contributed by atoms with van der Waals surface area (Å²) >= 11 is 1.76. The Balaban J connectivity index is 3.13. The minimum absolute atomic E-state index is 0.0770. The third kappa shape index (κ3) is 3.48. The molecule has 0 aliphatic carbocycles. The molecule has 0 fully saturated rings. The van der Waals surface area contributed by atoms with Gasteiger partial charge in [-0.2, -0.15) is 0 Å². The second-order valence-corrected chi connectivity index (χ2v) is 4.23. The molecule has 0 aromatic carbocycles. The number of pyridine rings is 1. The van der Waals surface area contributed by atoms with Crippen LogP contribution in [0.5, 0.6) is 5.88 Å². The largest absolute Gasteiger partial charge is 0.481 e. The van der Waals surface area contributed by atoms with Crippen molar-refractivity contribution in [2.75, 3.05) is 14.2 Å². The fraction of sp³-hybridized carbons (Fsp3) is 0.400. The van der Waals surface area contributed by atoms with Gasteiger partial charge < -0.3 is 9.47 Å². The van der Waals surface area contributed by atoms with Crippen LogP contribution in [0, 0.1) is 3.57 Å². The zero-order chi connectivity index (χ0) is 13.0. The van der Waals surface area contributed by atoms with Gasteiger partial charge in [-0.15, -0.1) is 0 Å². The third-order valence-electron chi connectivity index (χ3n) is 1.99. The first kappa shape index (κ1) is 14.1. The maximum Gasteiger partial charge on any atom is 0.311 e. The SMILES string of the molecule is COC(=O)Cc1cc(I)c(C(F)F)c(OC)n1. The number of halogens is 3. The molecule has 0 amide bonds. The van der Waals surface area contributed by atoms with E-state index in [1.165, 1.54) is 20.3 Å². The Labute approximate surface area is 110 Å². The van der Waals surface area contributed by atoms with Crippen LogP contribution < -0.4 is 4.74 Å². The average molecular weight is 357 g/mol. The van der Waals surface area contributed by atoms with E-state index in [1.807, 2.05) is 0 Å². The first-order chi connectivity index (χ1) is 7.99. The number of nitrogens with zero attached hydrogens (tertiary/aromatic N) is 1. The molecule has 0 spiro atoms. The molecule has 4 nitrogen and oxygen atoms in total. The van der Waals surface area contributed by atoms with E-state index in [0.717, 1.165) is 0 Å². The first-order valence-corrected chi connectivity index (χ1v) is 5.65. The molecule has 0 aliphatic heterocycles. The molecule has 0 atom stereocenters. The highest BCUT2D eigenvalue weighted by Crippen LogP contribution is 2.32. The topological polar surface area (TPSA) is 48.4 Å². The number of esters is 1. The fourth-order valence-electron chi connectivity index (χ4n) is 1.21. The van der Waals surface area contributed by atoms with Crippen molar-refractivity contribution in [1.82, 2.24) is 4.98 Å². The molecule has 0 bridgehead atoms. The minimum Gasteiger partial charge on any atom is -0.481 e. The third-order valence-corrected chi connectivity index (χ3v) is 2.88. The van der Waals surface area contributed by atoms with Gasteiger partial charge in [0.25, 0.3) is 6.43 Å². The van der Waals surface area contributed by atoms with Crippen molar-refractivity contribution in [3.63, 3.8) is 0 Å². The van der Waals surface area contributed by atoms with E-state index in [4.69, 9.17) is 4.74 Å². The number of hydrogen-bond acceptors (Lipinski definition) is 4. The number of carbonyl (C=O) groups excluding carboxylic acids is 1. The number of rotatable bonds is 4. The molecule has 0 N–H and O–H groups in total. The molecule has 0 unspecified atom stereocenters. The zero-order valence-electron chi connectivity index (χ0n) is 9.17. The molecule has 1 aromatic rings. The molecule has 0 aliphatic rings. The molecule has 1 heterocycles. The van der Waals surface area contributed by atoms with Gasteiger partial charge in [0.1, 0.15) is 0 Å². The van der Waals surface area contributed by atoms with Crippen LogP contribution in [0.4, 0.5) is 8.78 Å². The van der Waals surface area contributed by atoms with Crippen LogP contribution in [0.3, 0.4) is 0 Å². The fourth-order valence-corrected chi connectivity index (χ4v) is 2.04. The summed E-state index contributed by atoms with van der Waals surface area (Å²) in [5.74, 6) is -0.647. The van der Waals surface area contributed by atoms with Crippen LogP contribution >= 0.6 is 22.6 Å². The maximum atomic E-state index is 12.7. The Bertz CT molecular complexity index is 426. The van der Waals surface area contributed by atoms with Crippen molar-refractivity contribution in [2.45, 2.75) is 12.8 Å². The highest BCUT2D eigenvalue weighted by atomic mass is 127. The molecule has 0 radical (unpaired) electrons. The predicted octanol–water partition coefficient (Wildman–Crippen LogP) is 2.35. The molecule has 1 rings (SSSR count). The standard InChI is InChI=1S/C10H10F2INO3/c1-16-7(15)4-5-3-6(13)8(9(11)12)10(14-5)17-2/h3,9H,4H2,1-2H3. The van der Waals surface area contributed by atoms with Crippen LogP contribution in [-0.2, 0) is 16.0 Å². The van der Waals surface area contributed by atoms with Gasteiger partial charge in [0.05, 0.1) is 31.9 Å². The summed E-state index contributed by atoms with van der Waals surface area (Å²) in [6, 6.07) is 1.42. The van der Waals surface area contributed by atoms with Crippen LogP contribution in [-0.4, -0.2) is 25.2 Å². The highest BCUT2D eigenvalue weighted by molar-refractivity contribution is 14.1. The van der Waals surface area contributed by atoms with Crippen molar-refractivity contribution in [2.24, 2.45) is 0 Å². The van der Waals surface area contributed by atoms with E-state index in [9.17, 15) is 13.6 Å². The lowest BCUT2D eigenvalue weighted by Crippen LogP contribution is -2.09. The highest BCUT2D eigenvalue weighted by Gasteiger charge is 2.21. The van der Waals surface area contributed by atoms with Crippen molar-refractivity contribution < 1.29 is 23.0 Å². The van der Waals surface area contributed by atoms with E-state index in [0.29, 0.717) is 9.26 Å². The average Bonchev–Trinajstić information content (AvgIpc) is 2.27. The van der Waals surface area contributed by atoms with Gasteiger partial charge in [-0.25, -0.2) is 13.8 Å². The number of methoxy groups -OCH3 is 2. The van der Waals surface area contributed by atoms with Gasteiger partial charge in [0, 0.05) is 3.57 Å². The predicted molar refractivity (Wildman–Crippen MR) is 64.2 cm³/mol. The summed E-state index contributed by atoms with van der Waals surface area (Å²) < 4.78 is 35.0. The molecule has 1 aromatic heterocycles. The summed E-state index contributed by atoms with van der Waals surface area (Å²) in [5.41, 5.74) is 0.0733. The lowest BCUT2D eigenvalue weighted by Gasteiger charge is -2.10. The van der Waals surface area contributed by atoms with Gasteiger partial charge in [-0.1, -0.05) is 0 Å². The zero-order valence-corrected chi connectivity index (χ0v) is 11.3. The monoisotopic (exact) mass is 357 g/mol. The van der Waals surface area contributed by atoms with Gasteiger partial charge >= 0.3 is 5.97 Å². The Kier molecular flexibility index (Phi) is 5.03. The van der Waals surface area contributed by atoms with Crippen LogP contribution in [0.2, 0.25) is 0 Å². The number of carbonyl (C=O) groups is 1. The van der Waals surface area contributed by atoms with E-state index < -0.39 is 12.4 Å². The second kappa shape index (κ2) is 6.08. The Morgan fingerprint density at radius 3 is 2.65 bits per heavy atom. The smallest absolute Gasteiger partial charge is 0.311 e. The number of ether oxygens (including phenoxy) is 2. The van der Waals surface area contributed by atoms with Crippen molar-refractivity contribution in [1.29, 1.82) is 0 Å². The quantitative estimate of drug-likeness (QED) is 0.613. The van der Waals surface area contributed by atoms with Crippen LogP contribution in [0.1, 0.15) is 17.7 Å². The van der Waals surface area contributed by atoms with Crippen molar-refractivity contribution in [3.05, 3.63) is 20.9 Å². The summed E-state index contributed by atoms with van der Waals surface area (Å²) in [7, 11) is 2.50. The lowest BCUT2D eigenvalue weighted by molar-refractivity contribution is -0.139.